The topological polar surface area (TPSA) is 29.5 Å². The molecule has 0 aliphatic heterocycles. The van der Waals surface area contributed by atoms with Crippen molar-refractivity contribution in [1.29, 1.82) is 0 Å². The molecule has 0 saturated heterocycles. The van der Waals surface area contributed by atoms with Crippen molar-refractivity contribution < 1.29 is 9.84 Å². The lowest BCUT2D eigenvalue weighted by Gasteiger charge is -2.19. The van der Waals surface area contributed by atoms with Crippen molar-refractivity contribution >= 4 is 11.6 Å². The van der Waals surface area contributed by atoms with Crippen LogP contribution in [0.4, 0.5) is 0 Å². The molecule has 3 heteroatoms. The van der Waals surface area contributed by atoms with Crippen LogP contribution in [0, 0.1) is 0 Å². The molecule has 17 heavy (non-hydrogen) atoms. The molecule has 0 heterocycles. The molecule has 1 aromatic rings. The van der Waals surface area contributed by atoms with Crippen molar-refractivity contribution in [2.75, 3.05) is 7.11 Å². The number of benzene rings is 1. The fraction of sp³-hybridized carbons (Fsp3) is 0.571. The Balaban J connectivity index is 2.27. The maximum absolute atomic E-state index is 9.88. The Kier molecular flexibility index (Phi) is 4.30. The molecule has 94 valence electrons. The number of hydrogen-bond donors (Lipinski definition) is 1. The third-order valence-corrected chi connectivity index (χ3v) is 3.76. The van der Waals surface area contributed by atoms with Gasteiger partial charge in [0.15, 0.2) is 0 Å². The van der Waals surface area contributed by atoms with Crippen LogP contribution in [0.5, 0.6) is 5.75 Å². The summed E-state index contributed by atoms with van der Waals surface area (Å²) in [6, 6.07) is 5.73. The summed E-state index contributed by atoms with van der Waals surface area (Å²) in [5.41, 5.74) is 1.14. The summed E-state index contributed by atoms with van der Waals surface area (Å²) in [5, 5.41) is 10.6. The van der Waals surface area contributed by atoms with Crippen molar-refractivity contribution in [2.45, 2.75) is 44.1 Å². The lowest BCUT2D eigenvalue weighted by molar-refractivity contribution is 0.151. The first-order valence-electron chi connectivity index (χ1n) is 6.22. The molecule has 2 atom stereocenters. The van der Waals surface area contributed by atoms with Gasteiger partial charge in [0.2, 0.25) is 0 Å². The predicted molar refractivity (Wildman–Crippen MR) is 69.8 cm³/mol. The molecule has 1 N–H and O–H groups in total. The number of halogens is 1. The van der Waals surface area contributed by atoms with Crippen LogP contribution in [0.2, 0.25) is 5.02 Å². The predicted octanol–water partition coefficient (Wildman–Crippen LogP) is 3.76. The third kappa shape index (κ3) is 3.14. The van der Waals surface area contributed by atoms with Gasteiger partial charge in [-0.2, -0.15) is 0 Å². The molecule has 1 fully saturated rings. The van der Waals surface area contributed by atoms with Crippen LogP contribution in [0.3, 0.4) is 0 Å². The minimum absolute atomic E-state index is 0.189. The van der Waals surface area contributed by atoms with E-state index in [1.54, 1.807) is 7.11 Å². The van der Waals surface area contributed by atoms with Gasteiger partial charge >= 0.3 is 0 Å². The molecule has 1 aliphatic carbocycles. The molecule has 0 bridgehead atoms. The van der Waals surface area contributed by atoms with E-state index in [-0.39, 0.29) is 6.10 Å². The van der Waals surface area contributed by atoms with Gasteiger partial charge in [-0.15, -0.1) is 0 Å². The lowest BCUT2D eigenvalue weighted by Crippen LogP contribution is -2.10. The largest absolute Gasteiger partial charge is 0.496 e. The monoisotopic (exact) mass is 254 g/mol. The molecule has 2 nitrogen and oxygen atoms in total. The normalized spacial score (nSPS) is 25.4. The molecule has 2 rings (SSSR count). The standard InChI is InChI=1S/C14H19ClO2/c1-17-14-7-6-11(15)9-13(14)10-4-2-3-5-12(16)8-10/h6-7,9-10,12,16H,2-5,8H2,1H3. The van der Waals surface area contributed by atoms with Crippen LogP contribution in [-0.2, 0) is 0 Å². The van der Waals surface area contributed by atoms with Crippen molar-refractivity contribution in [1.82, 2.24) is 0 Å². The van der Waals surface area contributed by atoms with Crippen molar-refractivity contribution in [2.24, 2.45) is 0 Å². The molecule has 1 aliphatic rings. The molecule has 2 unspecified atom stereocenters. The maximum atomic E-state index is 9.88. The SMILES string of the molecule is COc1ccc(Cl)cc1C1CCCCC(O)C1. The number of aliphatic hydroxyl groups excluding tert-OH is 1. The van der Waals surface area contributed by atoms with Gasteiger partial charge in [0.05, 0.1) is 13.2 Å². The van der Waals surface area contributed by atoms with Crippen molar-refractivity contribution in [3.63, 3.8) is 0 Å². The molecule has 0 amide bonds. The number of aliphatic hydroxyl groups is 1. The van der Waals surface area contributed by atoms with E-state index in [9.17, 15) is 5.11 Å². The van der Waals surface area contributed by atoms with Crippen LogP contribution in [0.1, 0.15) is 43.6 Å². The van der Waals surface area contributed by atoms with E-state index in [1.807, 2.05) is 18.2 Å². The summed E-state index contributed by atoms with van der Waals surface area (Å²) in [4.78, 5) is 0. The minimum Gasteiger partial charge on any atom is -0.496 e. The van der Waals surface area contributed by atoms with E-state index in [4.69, 9.17) is 16.3 Å². The molecular formula is C14H19ClO2. The van der Waals surface area contributed by atoms with E-state index >= 15 is 0 Å². The molecule has 1 saturated carbocycles. The van der Waals surface area contributed by atoms with Gasteiger partial charge in [-0.05, 0) is 48.9 Å². The van der Waals surface area contributed by atoms with Gasteiger partial charge in [-0.1, -0.05) is 24.4 Å². The van der Waals surface area contributed by atoms with Gasteiger partial charge in [0, 0.05) is 5.02 Å². The first-order valence-corrected chi connectivity index (χ1v) is 6.60. The Morgan fingerprint density at radius 1 is 1.29 bits per heavy atom. The maximum Gasteiger partial charge on any atom is 0.122 e. The summed E-state index contributed by atoms with van der Waals surface area (Å²) in [5.74, 6) is 1.25. The van der Waals surface area contributed by atoms with Crippen LogP contribution in [0.25, 0.3) is 0 Å². The Labute approximate surface area is 108 Å². The first-order chi connectivity index (χ1) is 8.20. The highest BCUT2D eigenvalue weighted by molar-refractivity contribution is 6.30. The summed E-state index contributed by atoms with van der Waals surface area (Å²) in [6.07, 6.45) is 4.92. The molecular weight excluding hydrogens is 236 g/mol. The smallest absolute Gasteiger partial charge is 0.122 e. The summed E-state index contributed by atoms with van der Waals surface area (Å²) < 4.78 is 5.39. The van der Waals surface area contributed by atoms with Gasteiger partial charge in [0.1, 0.15) is 5.75 Å². The van der Waals surface area contributed by atoms with Crippen LogP contribution >= 0.6 is 11.6 Å². The minimum atomic E-state index is -0.189. The highest BCUT2D eigenvalue weighted by atomic mass is 35.5. The zero-order valence-corrected chi connectivity index (χ0v) is 10.9. The first kappa shape index (κ1) is 12.7. The fourth-order valence-electron chi connectivity index (χ4n) is 2.64. The summed E-state index contributed by atoms with van der Waals surface area (Å²) in [7, 11) is 1.68. The van der Waals surface area contributed by atoms with E-state index in [0.717, 1.165) is 48.4 Å². The number of methoxy groups -OCH3 is 1. The summed E-state index contributed by atoms with van der Waals surface area (Å²) >= 11 is 6.05. The van der Waals surface area contributed by atoms with E-state index in [0.29, 0.717) is 5.92 Å². The zero-order chi connectivity index (χ0) is 12.3. The van der Waals surface area contributed by atoms with Crippen molar-refractivity contribution in [3.05, 3.63) is 28.8 Å². The Morgan fingerprint density at radius 2 is 2.06 bits per heavy atom. The molecule has 1 aromatic carbocycles. The second-order valence-corrected chi connectivity index (χ2v) is 5.19. The number of ether oxygens (including phenoxy) is 1. The zero-order valence-electron chi connectivity index (χ0n) is 10.2. The third-order valence-electron chi connectivity index (χ3n) is 3.53. The number of rotatable bonds is 2. The summed E-state index contributed by atoms with van der Waals surface area (Å²) in [6.45, 7) is 0. The van der Waals surface area contributed by atoms with E-state index in [2.05, 4.69) is 0 Å². The second-order valence-electron chi connectivity index (χ2n) is 4.76. The Morgan fingerprint density at radius 3 is 2.82 bits per heavy atom. The van der Waals surface area contributed by atoms with Gasteiger partial charge in [0.25, 0.3) is 0 Å². The van der Waals surface area contributed by atoms with E-state index < -0.39 is 0 Å². The molecule has 0 aromatic heterocycles. The highest BCUT2D eigenvalue weighted by Crippen LogP contribution is 2.37. The second kappa shape index (κ2) is 5.74. The van der Waals surface area contributed by atoms with Crippen LogP contribution in [0.15, 0.2) is 18.2 Å². The highest BCUT2D eigenvalue weighted by Gasteiger charge is 2.22. The van der Waals surface area contributed by atoms with Gasteiger partial charge < -0.3 is 9.84 Å². The molecule has 0 radical (unpaired) electrons. The fourth-order valence-corrected chi connectivity index (χ4v) is 2.82. The average molecular weight is 255 g/mol. The van der Waals surface area contributed by atoms with Crippen LogP contribution < -0.4 is 4.74 Å². The van der Waals surface area contributed by atoms with Crippen molar-refractivity contribution in [3.8, 4) is 5.75 Å². The number of hydrogen-bond acceptors (Lipinski definition) is 2. The van der Waals surface area contributed by atoms with Gasteiger partial charge in [-0.3, -0.25) is 0 Å². The average Bonchev–Trinajstić information content (AvgIpc) is 2.54. The quantitative estimate of drug-likeness (QED) is 0.815. The Hall–Kier alpha value is -0.730. The lowest BCUT2D eigenvalue weighted by atomic mass is 9.90. The van der Waals surface area contributed by atoms with Crippen LogP contribution in [-0.4, -0.2) is 18.3 Å². The Bertz CT molecular complexity index is 378. The van der Waals surface area contributed by atoms with Gasteiger partial charge in [-0.25, -0.2) is 0 Å². The molecule has 0 spiro atoms. The van der Waals surface area contributed by atoms with E-state index in [1.165, 1.54) is 0 Å².